The number of allylic oxidation sites excluding steroid dienone is 2. The third-order valence-corrected chi connectivity index (χ3v) is 8.93. The maximum atomic E-state index is 13.0. The van der Waals surface area contributed by atoms with Gasteiger partial charge in [0.1, 0.15) is 12.4 Å². The highest BCUT2D eigenvalue weighted by Crippen LogP contribution is 2.49. The van der Waals surface area contributed by atoms with Crippen LogP contribution in [0.5, 0.6) is 5.75 Å². The molecule has 7 heteroatoms. The monoisotopic (exact) mass is 688 g/mol. The smallest absolute Gasteiger partial charge is 0.254 e. The number of ether oxygens (including phenoxy) is 1. The van der Waals surface area contributed by atoms with E-state index in [9.17, 15) is 9.59 Å². The summed E-state index contributed by atoms with van der Waals surface area (Å²) in [5.74, 6) is 0.355. The van der Waals surface area contributed by atoms with Gasteiger partial charge in [-0.25, -0.2) is 0 Å². The molecule has 3 aromatic rings. The molecule has 1 saturated carbocycles. The topological polar surface area (TPSA) is 59.0 Å². The van der Waals surface area contributed by atoms with Crippen LogP contribution in [0, 0.1) is 30.8 Å². The molecule has 2 bridgehead atoms. The Morgan fingerprint density at radius 3 is 2.20 bits per heavy atom. The number of hydrazone groups is 1. The maximum Gasteiger partial charge on any atom is 0.254 e. The van der Waals surface area contributed by atoms with Crippen molar-refractivity contribution in [2.24, 2.45) is 28.8 Å². The molecule has 4 aliphatic rings. The summed E-state index contributed by atoms with van der Waals surface area (Å²) in [6.45, 7) is 0.469. The highest BCUT2D eigenvalue weighted by atomic mass is 127. The number of halogens is 2. The predicted molar refractivity (Wildman–Crippen MR) is 152 cm³/mol. The highest BCUT2D eigenvalue weighted by molar-refractivity contribution is 14.1. The van der Waals surface area contributed by atoms with Crippen LogP contribution in [0.25, 0.3) is 10.8 Å². The Balaban J connectivity index is 1.20. The summed E-state index contributed by atoms with van der Waals surface area (Å²) in [7, 11) is 0. The zero-order valence-corrected chi connectivity index (χ0v) is 23.0. The Bertz CT molecular complexity index is 1360. The molecule has 7 rings (SSSR count). The van der Waals surface area contributed by atoms with E-state index in [4.69, 9.17) is 4.74 Å². The van der Waals surface area contributed by atoms with E-state index in [1.165, 1.54) is 10.8 Å². The second kappa shape index (κ2) is 9.31. The second-order valence-electron chi connectivity index (χ2n) is 9.31. The molecule has 4 atom stereocenters. The summed E-state index contributed by atoms with van der Waals surface area (Å²) < 4.78 is 8.14. The lowest BCUT2D eigenvalue weighted by Crippen LogP contribution is -2.38. The van der Waals surface area contributed by atoms with Gasteiger partial charge in [-0.05, 0) is 104 Å². The Morgan fingerprint density at radius 1 is 0.914 bits per heavy atom. The first kappa shape index (κ1) is 23.1. The molecular formula is C28H22I2N2O3. The molecule has 2 amide bonds. The number of fused-ring (bicyclic) bond motifs is 2. The van der Waals surface area contributed by atoms with Gasteiger partial charge >= 0.3 is 0 Å². The van der Waals surface area contributed by atoms with Gasteiger partial charge in [0.05, 0.1) is 25.2 Å². The van der Waals surface area contributed by atoms with Gasteiger partial charge in [0.15, 0.2) is 0 Å². The molecule has 0 spiro atoms. The molecule has 0 aromatic heterocycles. The molecular weight excluding hydrogens is 666 g/mol. The van der Waals surface area contributed by atoms with Crippen LogP contribution in [0.4, 0.5) is 0 Å². The zero-order chi connectivity index (χ0) is 24.1. The van der Waals surface area contributed by atoms with Crippen LogP contribution in [-0.4, -0.2) is 23.0 Å². The minimum atomic E-state index is -0.242. The van der Waals surface area contributed by atoms with E-state index in [-0.39, 0.29) is 35.5 Å². The number of rotatable bonds is 5. The first-order valence-electron chi connectivity index (χ1n) is 11.7. The van der Waals surface area contributed by atoms with Gasteiger partial charge in [-0.2, -0.15) is 10.1 Å². The number of hydrogen-bond acceptors (Lipinski definition) is 4. The highest BCUT2D eigenvalue weighted by Gasteiger charge is 2.56. The van der Waals surface area contributed by atoms with Crippen LogP contribution in [-0.2, 0) is 16.2 Å². The molecule has 176 valence electrons. The van der Waals surface area contributed by atoms with Crippen LogP contribution >= 0.6 is 45.2 Å². The fourth-order valence-corrected chi connectivity index (χ4v) is 7.78. The molecule has 0 N–H and O–H groups in total. The Labute approximate surface area is 230 Å². The van der Waals surface area contributed by atoms with Gasteiger partial charge < -0.3 is 4.74 Å². The SMILES string of the molecule is O=C1[C@@H]2[C@H](C(=O)N1/N=C\c1cc(I)c(OCc3cccc4ccccc34)c(I)c1)[C@H]1C=C[C@H]2CC1. The van der Waals surface area contributed by atoms with Crippen molar-refractivity contribution >= 4 is 74.0 Å². The number of hydrogen-bond donors (Lipinski definition) is 0. The Hall–Kier alpha value is -2.27. The number of carbonyl (C=O) groups excluding carboxylic acids is 2. The van der Waals surface area contributed by atoms with Gasteiger partial charge in [0, 0.05) is 0 Å². The summed E-state index contributed by atoms with van der Waals surface area (Å²) in [6, 6.07) is 18.5. The normalized spacial score (nSPS) is 25.1. The van der Waals surface area contributed by atoms with Crippen LogP contribution in [0.15, 0.2) is 71.9 Å². The zero-order valence-electron chi connectivity index (χ0n) is 18.7. The summed E-state index contributed by atoms with van der Waals surface area (Å²) >= 11 is 4.52. The van der Waals surface area contributed by atoms with Crippen molar-refractivity contribution in [3.8, 4) is 5.75 Å². The second-order valence-corrected chi connectivity index (χ2v) is 11.6. The van der Waals surface area contributed by atoms with E-state index in [0.717, 1.165) is 41.9 Å². The van der Waals surface area contributed by atoms with Crippen LogP contribution in [0.2, 0.25) is 0 Å². The first-order chi connectivity index (χ1) is 17.0. The summed E-state index contributed by atoms with van der Waals surface area (Å²) in [4.78, 5) is 26.0. The van der Waals surface area contributed by atoms with Crippen molar-refractivity contribution in [3.63, 3.8) is 0 Å². The van der Waals surface area contributed by atoms with E-state index in [2.05, 4.69) is 92.8 Å². The lowest BCUT2D eigenvalue weighted by atomic mass is 9.63. The van der Waals surface area contributed by atoms with Crippen molar-refractivity contribution in [1.29, 1.82) is 0 Å². The average Bonchev–Trinajstić information content (AvgIpc) is 3.14. The molecule has 1 heterocycles. The van der Waals surface area contributed by atoms with Crippen molar-refractivity contribution in [3.05, 3.63) is 85.0 Å². The van der Waals surface area contributed by atoms with E-state index < -0.39 is 0 Å². The van der Waals surface area contributed by atoms with Crippen molar-refractivity contribution in [2.75, 3.05) is 0 Å². The van der Waals surface area contributed by atoms with Crippen molar-refractivity contribution < 1.29 is 14.3 Å². The summed E-state index contributed by atoms with van der Waals surface area (Å²) in [6.07, 6.45) is 7.82. The quantitative estimate of drug-likeness (QED) is 0.140. The van der Waals surface area contributed by atoms with Crippen LogP contribution < -0.4 is 4.74 Å². The van der Waals surface area contributed by atoms with Crippen LogP contribution in [0.3, 0.4) is 0 Å². The predicted octanol–water partition coefficient (Wildman–Crippen LogP) is 6.16. The van der Waals surface area contributed by atoms with E-state index in [1.807, 2.05) is 24.3 Å². The summed E-state index contributed by atoms with van der Waals surface area (Å²) in [5.41, 5.74) is 1.96. The number of benzene rings is 3. The first-order valence-corrected chi connectivity index (χ1v) is 13.9. The molecule has 3 aliphatic carbocycles. The van der Waals surface area contributed by atoms with E-state index in [0.29, 0.717) is 6.61 Å². The van der Waals surface area contributed by atoms with E-state index in [1.54, 1.807) is 6.21 Å². The average molecular weight is 688 g/mol. The number of carbonyl (C=O) groups is 2. The third-order valence-electron chi connectivity index (χ3n) is 7.33. The fourth-order valence-electron chi connectivity index (χ4n) is 5.66. The van der Waals surface area contributed by atoms with Gasteiger partial charge in [-0.3, -0.25) is 9.59 Å². The standard InChI is InChI=1S/C28H22I2N2O3/c29-22-12-16(14-31-32-27(33)24-18-8-9-19(11-10-18)25(24)28(32)34)13-23(30)26(22)35-15-20-6-3-5-17-4-1-2-7-21(17)20/h1-9,12-14,18-19,24-25H,10-11,15H2/b31-14-/t18-,19-,24-,25+/m0/s1. The largest absolute Gasteiger partial charge is 0.487 e. The van der Waals surface area contributed by atoms with Gasteiger partial charge in [-0.15, -0.1) is 0 Å². The molecule has 0 radical (unpaired) electrons. The lowest BCUT2D eigenvalue weighted by molar-refractivity contribution is -0.140. The molecule has 1 aliphatic heterocycles. The molecule has 2 fully saturated rings. The number of amides is 2. The molecule has 35 heavy (non-hydrogen) atoms. The molecule has 0 unspecified atom stereocenters. The minimum absolute atomic E-state index is 0.158. The van der Waals surface area contributed by atoms with Crippen molar-refractivity contribution in [1.82, 2.24) is 5.01 Å². The van der Waals surface area contributed by atoms with E-state index >= 15 is 0 Å². The molecule has 3 aromatic carbocycles. The fraction of sp³-hybridized carbons (Fsp3) is 0.250. The van der Waals surface area contributed by atoms with Gasteiger partial charge in [0.2, 0.25) is 0 Å². The third kappa shape index (κ3) is 4.10. The molecule has 1 saturated heterocycles. The Morgan fingerprint density at radius 2 is 1.54 bits per heavy atom. The van der Waals surface area contributed by atoms with Gasteiger partial charge in [0.25, 0.3) is 11.8 Å². The molecule has 5 nitrogen and oxygen atoms in total. The number of nitrogens with zero attached hydrogens (tertiary/aromatic N) is 2. The van der Waals surface area contributed by atoms with Crippen molar-refractivity contribution in [2.45, 2.75) is 19.4 Å². The minimum Gasteiger partial charge on any atom is -0.487 e. The summed E-state index contributed by atoms with van der Waals surface area (Å²) in [5, 5.41) is 7.84. The maximum absolute atomic E-state index is 13.0. The number of imide groups is 1. The lowest BCUT2D eigenvalue weighted by Gasteiger charge is -2.37. The van der Waals surface area contributed by atoms with Crippen LogP contribution in [0.1, 0.15) is 24.0 Å². The Kier molecular flexibility index (Phi) is 6.16. The van der Waals surface area contributed by atoms with Gasteiger partial charge in [-0.1, -0.05) is 54.6 Å².